The molecule has 1 amide bonds. The molecule has 0 aliphatic heterocycles. The normalized spacial score (nSPS) is 13.2. The van der Waals surface area contributed by atoms with Crippen molar-refractivity contribution in [1.29, 1.82) is 0 Å². The van der Waals surface area contributed by atoms with E-state index in [2.05, 4.69) is 26.1 Å². The quantitative estimate of drug-likeness (QED) is 0.880. The third-order valence-electron chi connectivity index (χ3n) is 2.61. The topological polar surface area (TPSA) is 55.1 Å². The number of halogens is 1. The molecule has 0 bridgehead atoms. The summed E-state index contributed by atoms with van der Waals surface area (Å²) < 4.78 is 0. The van der Waals surface area contributed by atoms with Gasteiger partial charge in [0.2, 0.25) is 5.91 Å². The zero-order valence-corrected chi connectivity index (χ0v) is 11.9. The van der Waals surface area contributed by atoms with Gasteiger partial charge in [0.25, 0.3) is 0 Å². The maximum Gasteiger partial charge on any atom is 0.228 e. The summed E-state index contributed by atoms with van der Waals surface area (Å²) in [6.07, 6.45) is 0.760. The molecule has 0 aliphatic carbocycles. The van der Waals surface area contributed by atoms with Crippen molar-refractivity contribution in [1.82, 2.24) is 0 Å². The van der Waals surface area contributed by atoms with Crippen LogP contribution >= 0.6 is 11.6 Å². The number of carbonyl (C=O) groups excluding carboxylic acids is 1. The minimum Gasteiger partial charge on any atom is -0.330 e. The molecule has 4 heteroatoms. The molecule has 1 rings (SSSR count). The largest absolute Gasteiger partial charge is 0.330 e. The SMILES string of the molecule is CC(C)(C)CC(CN)C(=O)Nc1cccc(Cl)c1. The maximum absolute atomic E-state index is 12.1. The number of rotatable bonds is 4. The minimum absolute atomic E-state index is 0.0466. The highest BCUT2D eigenvalue weighted by atomic mass is 35.5. The first-order valence-electron chi connectivity index (χ1n) is 6.08. The Morgan fingerprint density at radius 3 is 2.61 bits per heavy atom. The van der Waals surface area contributed by atoms with Gasteiger partial charge in [-0.25, -0.2) is 0 Å². The van der Waals surface area contributed by atoms with Crippen molar-refractivity contribution in [3.05, 3.63) is 29.3 Å². The molecule has 0 radical (unpaired) electrons. The van der Waals surface area contributed by atoms with Gasteiger partial charge in [-0.05, 0) is 30.0 Å². The molecule has 1 unspecified atom stereocenters. The van der Waals surface area contributed by atoms with Crippen LogP contribution in [0.15, 0.2) is 24.3 Å². The first-order valence-corrected chi connectivity index (χ1v) is 6.46. The molecular formula is C14H21ClN2O. The predicted octanol–water partition coefficient (Wildman–Crippen LogP) is 3.29. The van der Waals surface area contributed by atoms with Crippen molar-refractivity contribution in [2.45, 2.75) is 27.2 Å². The van der Waals surface area contributed by atoms with Crippen LogP contribution in [-0.4, -0.2) is 12.5 Å². The summed E-state index contributed by atoms with van der Waals surface area (Å²) in [7, 11) is 0. The number of hydrogen-bond donors (Lipinski definition) is 2. The van der Waals surface area contributed by atoms with Gasteiger partial charge in [0, 0.05) is 17.3 Å². The number of nitrogens with two attached hydrogens (primary N) is 1. The first-order chi connectivity index (χ1) is 8.31. The molecular weight excluding hydrogens is 248 g/mol. The van der Waals surface area contributed by atoms with E-state index in [9.17, 15) is 4.79 Å². The molecule has 0 saturated heterocycles. The summed E-state index contributed by atoms with van der Waals surface area (Å²) in [5, 5.41) is 3.46. The molecule has 18 heavy (non-hydrogen) atoms. The van der Waals surface area contributed by atoms with Gasteiger partial charge in [0.1, 0.15) is 0 Å². The molecule has 1 atom stereocenters. The predicted molar refractivity (Wildman–Crippen MR) is 76.7 cm³/mol. The van der Waals surface area contributed by atoms with E-state index in [1.54, 1.807) is 18.2 Å². The lowest BCUT2D eigenvalue weighted by atomic mass is 9.84. The van der Waals surface area contributed by atoms with Crippen molar-refractivity contribution >= 4 is 23.2 Å². The zero-order valence-electron chi connectivity index (χ0n) is 11.2. The van der Waals surface area contributed by atoms with Gasteiger partial charge in [-0.2, -0.15) is 0 Å². The summed E-state index contributed by atoms with van der Waals surface area (Å²) in [5.74, 6) is -0.223. The van der Waals surface area contributed by atoms with E-state index in [0.29, 0.717) is 17.3 Å². The highest BCUT2D eigenvalue weighted by Gasteiger charge is 2.23. The molecule has 1 aromatic rings. The van der Waals surface area contributed by atoms with E-state index < -0.39 is 0 Å². The van der Waals surface area contributed by atoms with Crippen molar-refractivity contribution in [3.8, 4) is 0 Å². The standard InChI is InChI=1S/C14H21ClN2O/c1-14(2,3)8-10(9-16)13(18)17-12-6-4-5-11(15)7-12/h4-7,10H,8-9,16H2,1-3H3,(H,17,18). The molecule has 100 valence electrons. The Balaban J connectivity index is 2.68. The second-order valence-corrected chi connectivity index (χ2v) is 6.13. The van der Waals surface area contributed by atoms with Crippen LogP contribution in [0.4, 0.5) is 5.69 Å². The highest BCUT2D eigenvalue weighted by molar-refractivity contribution is 6.30. The van der Waals surface area contributed by atoms with E-state index in [0.717, 1.165) is 6.42 Å². The summed E-state index contributed by atoms with van der Waals surface area (Å²) >= 11 is 5.87. The van der Waals surface area contributed by atoms with Gasteiger partial charge in [-0.1, -0.05) is 38.4 Å². The van der Waals surface area contributed by atoms with Crippen LogP contribution < -0.4 is 11.1 Å². The van der Waals surface area contributed by atoms with Crippen LogP contribution in [0.1, 0.15) is 27.2 Å². The fourth-order valence-electron chi connectivity index (χ4n) is 1.83. The molecule has 0 heterocycles. The Morgan fingerprint density at radius 1 is 1.44 bits per heavy atom. The fourth-order valence-corrected chi connectivity index (χ4v) is 2.02. The van der Waals surface area contributed by atoms with Crippen molar-refractivity contribution in [2.75, 3.05) is 11.9 Å². The molecule has 0 saturated carbocycles. The molecule has 3 N–H and O–H groups in total. The average Bonchev–Trinajstić information content (AvgIpc) is 2.24. The minimum atomic E-state index is -0.177. The molecule has 1 aromatic carbocycles. The molecule has 0 aliphatic rings. The van der Waals surface area contributed by atoms with Gasteiger partial charge >= 0.3 is 0 Å². The van der Waals surface area contributed by atoms with Gasteiger partial charge in [-0.3, -0.25) is 4.79 Å². The zero-order chi connectivity index (χ0) is 13.8. The third kappa shape index (κ3) is 5.07. The maximum atomic E-state index is 12.1. The number of nitrogens with one attached hydrogen (secondary N) is 1. The average molecular weight is 269 g/mol. The van der Waals surface area contributed by atoms with E-state index in [1.807, 2.05) is 6.07 Å². The van der Waals surface area contributed by atoms with Crippen LogP contribution in [0, 0.1) is 11.3 Å². The third-order valence-corrected chi connectivity index (χ3v) is 2.84. The number of benzene rings is 1. The Hall–Kier alpha value is -1.06. The fraction of sp³-hybridized carbons (Fsp3) is 0.500. The Labute approximate surface area is 114 Å². The van der Waals surface area contributed by atoms with Crippen LogP contribution in [0.5, 0.6) is 0 Å². The number of carbonyl (C=O) groups is 1. The molecule has 0 fully saturated rings. The molecule has 3 nitrogen and oxygen atoms in total. The molecule has 0 spiro atoms. The smallest absolute Gasteiger partial charge is 0.228 e. The highest BCUT2D eigenvalue weighted by Crippen LogP contribution is 2.25. The molecule has 0 aromatic heterocycles. The Bertz CT molecular complexity index is 413. The van der Waals surface area contributed by atoms with Crippen LogP contribution in [0.25, 0.3) is 0 Å². The van der Waals surface area contributed by atoms with Gasteiger partial charge in [-0.15, -0.1) is 0 Å². The lowest BCUT2D eigenvalue weighted by molar-refractivity contribution is -0.120. The Morgan fingerprint density at radius 2 is 2.11 bits per heavy atom. The summed E-state index contributed by atoms with van der Waals surface area (Å²) in [5.41, 5.74) is 6.46. The van der Waals surface area contributed by atoms with Crippen LogP contribution in [0.2, 0.25) is 5.02 Å². The van der Waals surface area contributed by atoms with Gasteiger partial charge in [0.15, 0.2) is 0 Å². The second-order valence-electron chi connectivity index (χ2n) is 5.70. The van der Waals surface area contributed by atoms with Gasteiger partial charge < -0.3 is 11.1 Å². The monoisotopic (exact) mass is 268 g/mol. The lowest BCUT2D eigenvalue weighted by Gasteiger charge is -2.24. The first kappa shape index (κ1) is 15.0. The van der Waals surface area contributed by atoms with E-state index in [4.69, 9.17) is 17.3 Å². The van der Waals surface area contributed by atoms with Crippen molar-refractivity contribution in [3.63, 3.8) is 0 Å². The van der Waals surface area contributed by atoms with Crippen molar-refractivity contribution < 1.29 is 4.79 Å². The van der Waals surface area contributed by atoms with Crippen molar-refractivity contribution in [2.24, 2.45) is 17.1 Å². The Kier molecular flexibility index (Phi) is 5.17. The second kappa shape index (κ2) is 6.21. The number of hydrogen-bond acceptors (Lipinski definition) is 2. The number of anilines is 1. The van der Waals surface area contributed by atoms with E-state index in [-0.39, 0.29) is 17.2 Å². The van der Waals surface area contributed by atoms with E-state index in [1.165, 1.54) is 0 Å². The summed E-state index contributed by atoms with van der Waals surface area (Å²) in [6, 6.07) is 7.12. The summed E-state index contributed by atoms with van der Waals surface area (Å²) in [6.45, 7) is 6.65. The van der Waals surface area contributed by atoms with Crippen LogP contribution in [-0.2, 0) is 4.79 Å². The summed E-state index contributed by atoms with van der Waals surface area (Å²) in [4.78, 5) is 12.1. The van der Waals surface area contributed by atoms with Gasteiger partial charge in [0.05, 0.1) is 5.92 Å². The number of amides is 1. The van der Waals surface area contributed by atoms with Crippen LogP contribution in [0.3, 0.4) is 0 Å². The van der Waals surface area contributed by atoms with E-state index >= 15 is 0 Å². The lowest BCUT2D eigenvalue weighted by Crippen LogP contribution is -2.32.